The Bertz CT molecular complexity index is 1450. The predicted octanol–water partition coefficient (Wildman–Crippen LogP) is -1.28. The number of aliphatic carboxylic acids is 2. The molecule has 0 saturated carbocycles. The lowest BCUT2D eigenvalue weighted by Crippen LogP contribution is -2.48. The first-order valence-corrected chi connectivity index (χ1v) is 15.4. The Morgan fingerprint density at radius 3 is 1.95 bits per heavy atom. The molecule has 228 valence electrons. The molecule has 0 atom stereocenters. The predicted molar refractivity (Wildman–Crippen MR) is 154 cm³/mol. The number of imidazole rings is 1. The van der Waals surface area contributed by atoms with Crippen molar-refractivity contribution in [3.63, 3.8) is 0 Å². The number of amides is 1. The second kappa shape index (κ2) is 14.1. The summed E-state index contributed by atoms with van der Waals surface area (Å²) < 4.78 is 24.1. The maximum atomic E-state index is 13.0. The number of nitrogens with zero attached hydrogens (tertiary/aromatic N) is 6. The third-order valence-corrected chi connectivity index (χ3v) is 8.72. The largest absolute Gasteiger partial charge is 0.480 e. The minimum Gasteiger partial charge on any atom is -0.480 e. The lowest BCUT2D eigenvalue weighted by Gasteiger charge is -2.30. The van der Waals surface area contributed by atoms with Gasteiger partial charge >= 0.3 is 11.9 Å². The van der Waals surface area contributed by atoms with Gasteiger partial charge in [-0.25, -0.2) is 23.1 Å². The van der Waals surface area contributed by atoms with Crippen molar-refractivity contribution in [2.45, 2.75) is 4.34 Å². The number of hydrogen-bond acceptors (Lipinski definition) is 12. The Kier molecular flexibility index (Phi) is 10.5. The number of primary sulfonamides is 1. The molecule has 1 fully saturated rings. The summed E-state index contributed by atoms with van der Waals surface area (Å²) in [6.45, 7) is 3.69. The Hall–Kier alpha value is -3.52. The molecule has 16 nitrogen and oxygen atoms in total. The van der Waals surface area contributed by atoms with Crippen LogP contribution in [-0.4, -0.2) is 138 Å². The molecule has 4 rings (SSSR count). The Morgan fingerprint density at radius 1 is 0.905 bits per heavy atom. The molecule has 1 amide bonds. The zero-order valence-electron chi connectivity index (χ0n) is 22.7. The molecule has 42 heavy (non-hydrogen) atoms. The molecule has 1 aliphatic rings. The fourth-order valence-corrected chi connectivity index (χ4v) is 5.93. The zero-order valence-corrected chi connectivity index (χ0v) is 24.3. The molecule has 2 aromatic heterocycles. The van der Waals surface area contributed by atoms with Gasteiger partial charge in [0.15, 0.2) is 0 Å². The van der Waals surface area contributed by atoms with Gasteiger partial charge in [-0.05, 0) is 12.1 Å². The third kappa shape index (κ3) is 9.24. The van der Waals surface area contributed by atoms with Crippen molar-refractivity contribution in [2.24, 2.45) is 5.14 Å². The standard InChI is InChI=1S/C24H33N9O7S2/c25-42(39,40)24-29-33-13-19(28-23(33)41-24)17-1-3-18(4-2-17)27-20(34)14-32-11-9-30(15-21(35)36)7-5-26-6-8-31(10-12-32)16-22(37)38/h1-4,13,26H,5-12,14-16H2,(H,27,34)(H,35,36)(H,37,38)(H2,25,39,40). The van der Waals surface area contributed by atoms with Gasteiger partial charge in [-0.3, -0.25) is 29.1 Å². The molecule has 0 bridgehead atoms. The molecule has 0 spiro atoms. The highest BCUT2D eigenvalue weighted by atomic mass is 32.2. The fraction of sp³-hybridized carbons (Fsp3) is 0.458. The molecule has 0 aliphatic carbocycles. The normalized spacial score (nSPS) is 17.0. The number of carbonyl (C=O) groups is 3. The van der Waals surface area contributed by atoms with Crippen LogP contribution in [0.5, 0.6) is 0 Å². The van der Waals surface area contributed by atoms with Crippen molar-refractivity contribution in [1.82, 2.24) is 34.6 Å². The van der Waals surface area contributed by atoms with Crippen LogP contribution in [0.3, 0.4) is 0 Å². The van der Waals surface area contributed by atoms with Crippen molar-refractivity contribution in [2.75, 3.05) is 77.3 Å². The molecule has 1 saturated heterocycles. The summed E-state index contributed by atoms with van der Waals surface area (Å²) >= 11 is 0.860. The Labute approximate surface area is 245 Å². The lowest BCUT2D eigenvalue weighted by molar-refractivity contribution is -0.139. The number of anilines is 1. The molecular weight excluding hydrogens is 590 g/mol. The second-order valence-corrected chi connectivity index (χ2v) is 12.4. The van der Waals surface area contributed by atoms with E-state index in [1.807, 2.05) is 4.90 Å². The van der Waals surface area contributed by atoms with Gasteiger partial charge in [-0.2, -0.15) is 0 Å². The van der Waals surface area contributed by atoms with Gasteiger partial charge in [-0.1, -0.05) is 23.5 Å². The van der Waals surface area contributed by atoms with E-state index in [1.54, 1.807) is 40.3 Å². The van der Waals surface area contributed by atoms with Crippen molar-refractivity contribution >= 4 is 49.9 Å². The number of nitrogens with two attached hydrogens (primary N) is 1. The van der Waals surface area contributed by atoms with Gasteiger partial charge in [0.2, 0.25) is 15.2 Å². The van der Waals surface area contributed by atoms with Gasteiger partial charge in [0.05, 0.1) is 31.5 Å². The highest BCUT2D eigenvalue weighted by Crippen LogP contribution is 2.25. The van der Waals surface area contributed by atoms with Crippen LogP contribution in [0.25, 0.3) is 16.2 Å². The average molecular weight is 624 g/mol. The van der Waals surface area contributed by atoms with Crippen molar-refractivity contribution in [1.29, 1.82) is 0 Å². The number of fused-ring (bicyclic) bond motifs is 1. The van der Waals surface area contributed by atoms with Gasteiger partial charge in [0, 0.05) is 63.6 Å². The fourth-order valence-electron chi connectivity index (χ4n) is 4.42. The van der Waals surface area contributed by atoms with E-state index in [1.165, 1.54) is 4.52 Å². The first kappa shape index (κ1) is 31.4. The van der Waals surface area contributed by atoms with E-state index < -0.39 is 22.0 Å². The summed E-state index contributed by atoms with van der Waals surface area (Å²) in [5.41, 5.74) is 1.86. The summed E-state index contributed by atoms with van der Waals surface area (Å²) in [5.74, 6) is -2.13. The van der Waals surface area contributed by atoms with E-state index in [2.05, 4.69) is 20.7 Å². The van der Waals surface area contributed by atoms with Crippen LogP contribution in [0.15, 0.2) is 34.8 Å². The number of rotatable bonds is 9. The molecule has 6 N–H and O–H groups in total. The Morgan fingerprint density at radius 2 is 1.45 bits per heavy atom. The number of nitrogens with one attached hydrogen (secondary N) is 2. The van der Waals surface area contributed by atoms with Crippen molar-refractivity contribution < 1.29 is 33.0 Å². The molecule has 1 aromatic carbocycles. The topological polar surface area (TPSA) is 216 Å². The lowest BCUT2D eigenvalue weighted by atomic mass is 10.1. The van der Waals surface area contributed by atoms with Gasteiger partial charge in [0.1, 0.15) is 0 Å². The van der Waals surface area contributed by atoms with Crippen molar-refractivity contribution in [3.8, 4) is 11.3 Å². The highest BCUT2D eigenvalue weighted by Gasteiger charge is 2.19. The van der Waals surface area contributed by atoms with Crippen LogP contribution in [0.1, 0.15) is 0 Å². The first-order chi connectivity index (χ1) is 20.0. The van der Waals surface area contributed by atoms with Crippen LogP contribution < -0.4 is 15.8 Å². The highest BCUT2D eigenvalue weighted by molar-refractivity contribution is 7.91. The summed E-state index contributed by atoms with van der Waals surface area (Å²) in [5, 5.41) is 33.7. The molecule has 1 aliphatic heterocycles. The van der Waals surface area contributed by atoms with Crippen LogP contribution in [0.4, 0.5) is 5.69 Å². The zero-order chi connectivity index (χ0) is 30.3. The monoisotopic (exact) mass is 623 g/mol. The summed E-state index contributed by atoms with van der Waals surface area (Å²) in [4.78, 5) is 45.9. The number of aromatic nitrogens is 3. The van der Waals surface area contributed by atoms with E-state index in [9.17, 15) is 33.0 Å². The maximum absolute atomic E-state index is 13.0. The minimum absolute atomic E-state index is 0.0389. The third-order valence-electron chi connectivity index (χ3n) is 6.49. The van der Waals surface area contributed by atoms with Crippen LogP contribution in [0, 0.1) is 0 Å². The quantitative estimate of drug-likeness (QED) is 0.188. The number of hydrogen-bond donors (Lipinski definition) is 5. The van der Waals surface area contributed by atoms with Crippen LogP contribution in [-0.2, 0) is 24.4 Å². The van der Waals surface area contributed by atoms with E-state index in [-0.39, 0.29) is 29.9 Å². The smallest absolute Gasteiger partial charge is 0.317 e. The van der Waals surface area contributed by atoms with Crippen LogP contribution >= 0.6 is 11.3 Å². The average Bonchev–Trinajstić information content (AvgIpc) is 3.48. The van der Waals surface area contributed by atoms with Gasteiger partial charge < -0.3 is 20.8 Å². The summed E-state index contributed by atoms with van der Waals surface area (Å²) in [6.07, 6.45) is 1.59. The molecular formula is C24H33N9O7S2. The molecule has 3 heterocycles. The number of carbonyl (C=O) groups excluding carboxylic acids is 1. The number of carboxylic acid groups (broad SMARTS) is 2. The number of sulfonamides is 1. The molecule has 18 heteroatoms. The summed E-state index contributed by atoms with van der Waals surface area (Å²) in [6, 6.07) is 6.97. The van der Waals surface area contributed by atoms with E-state index in [0.717, 1.165) is 16.9 Å². The second-order valence-electron chi connectivity index (χ2n) is 9.76. The first-order valence-electron chi connectivity index (χ1n) is 13.1. The SMILES string of the molecule is NS(=O)(=O)c1nn2cc(-c3ccc(NC(=O)CN4CCN(CC(=O)O)CCNCCN(CC(=O)O)CC4)cc3)nc2s1. The number of benzene rings is 1. The van der Waals surface area contributed by atoms with E-state index in [4.69, 9.17) is 5.14 Å². The minimum atomic E-state index is -3.92. The van der Waals surface area contributed by atoms with Crippen molar-refractivity contribution in [3.05, 3.63) is 30.5 Å². The van der Waals surface area contributed by atoms with Gasteiger partial charge in [-0.15, -0.1) is 5.10 Å². The summed E-state index contributed by atoms with van der Waals surface area (Å²) in [7, 11) is -3.92. The van der Waals surface area contributed by atoms with E-state index >= 15 is 0 Å². The molecule has 3 aromatic rings. The maximum Gasteiger partial charge on any atom is 0.317 e. The molecule has 0 radical (unpaired) electrons. The number of carboxylic acids is 2. The van der Waals surface area contributed by atoms with Crippen LogP contribution in [0.2, 0.25) is 0 Å². The van der Waals surface area contributed by atoms with E-state index in [0.29, 0.717) is 68.7 Å². The van der Waals surface area contributed by atoms with Gasteiger partial charge in [0.25, 0.3) is 10.0 Å². The molecule has 0 unspecified atom stereocenters. The Balaban J connectivity index is 1.39.